The molecule has 0 aliphatic carbocycles. The third-order valence-electron chi connectivity index (χ3n) is 2.58. The maximum absolute atomic E-state index is 6.05. The summed E-state index contributed by atoms with van der Waals surface area (Å²) in [5.41, 5.74) is 0.0125. The van der Waals surface area contributed by atoms with E-state index < -0.39 is 0 Å². The maximum atomic E-state index is 6.05. The summed E-state index contributed by atoms with van der Waals surface area (Å²) in [7, 11) is 0. The number of halogens is 1. The van der Waals surface area contributed by atoms with E-state index in [4.69, 9.17) is 4.74 Å². The van der Waals surface area contributed by atoms with Crippen LogP contribution >= 0.6 is 27.3 Å². The molecule has 1 N–H and O–H groups in total. The standard InChI is InChI=1S/C10H14BrNOS/c1-10(3-5-12-6-4-10)13-9-8(11)2-7-14-9/h2,7,12H,3-6H2,1H3. The lowest BCUT2D eigenvalue weighted by Gasteiger charge is -2.34. The molecule has 0 saturated carbocycles. The molecular formula is C10H14BrNOS. The molecule has 78 valence electrons. The zero-order valence-electron chi connectivity index (χ0n) is 8.18. The second-order valence-electron chi connectivity index (χ2n) is 3.86. The third kappa shape index (κ3) is 2.30. The molecule has 1 fully saturated rings. The minimum absolute atomic E-state index is 0.0125. The molecule has 2 nitrogen and oxygen atoms in total. The summed E-state index contributed by atoms with van der Waals surface area (Å²) in [6.45, 7) is 4.30. The van der Waals surface area contributed by atoms with Crippen LogP contribution in [0.3, 0.4) is 0 Å². The normalized spacial score (nSPS) is 20.7. The van der Waals surface area contributed by atoms with Crippen LogP contribution in [0.2, 0.25) is 0 Å². The van der Waals surface area contributed by atoms with Gasteiger partial charge < -0.3 is 10.1 Å². The molecule has 2 rings (SSSR count). The molecule has 0 radical (unpaired) electrons. The van der Waals surface area contributed by atoms with Crippen LogP contribution in [-0.4, -0.2) is 18.7 Å². The first-order valence-electron chi connectivity index (χ1n) is 4.82. The summed E-state index contributed by atoms with van der Waals surface area (Å²) in [5.74, 6) is 0. The van der Waals surface area contributed by atoms with Crippen molar-refractivity contribution in [3.8, 4) is 5.06 Å². The Hall–Kier alpha value is -0.0600. The van der Waals surface area contributed by atoms with Crippen molar-refractivity contribution in [3.63, 3.8) is 0 Å². The minimum atomic E-state index is 0.0125. The average molecular weight is 276 g/mol. The Morgan fingerprint density at radius 3 is 2.79 bits per heavy atom. The van der Waals surface area contributed by atoms with Gasteiger partial charge in [0.05, 0.1) is 4.47 Å². The molecule has 2 heterocycles. The van der Waals surface area contributed by atoms with Gasteiger partial charge in [0.2, 0.25) is 0 Å². The SMILES string of the molecule is CC1(Oc2sccc2Br)CCNCC1. The Balaban J connectivity index is 2.05. The summed E-state index contributed by atoms with van der Waals surface area (Å²) in [6.07, 6.45) is 2.16. The van der Waals surface area contributed by atoms with Crippen molar-refractivity contribution in [2.75, 3.05) is 13.1 Å². The van der Waals surface area contributed by atoms with Gasteiger partial charge in [0.1, 0.15) is 5.60 Å². The Labute approximate surface area is 96.8 Å². The number of hydrogen-bond donors (Lipinski definition) is 1. The van der Waals surface area contributed by atoms with Gasteiger partial charge >= 0.3 is 0 Å². The van der Waals surface area contributed by atoms with Gasteiger partial charge in [-0.3, -0.25) is 0 Å². The maximum Gasteiger partial charge on any atom is 0.188 e. The zero-order valence-corrected chi connectivity index (χ0v) is 10.6. The lowest BCUT2D eigenvalue weighted by Crippen LogP contribution is -2.43. The summed E-state index contributed by atoms with van der Waals surface area (Å²) < 4.78 is 7.12. The highest BCUT2D eigenvalue weighted by Gasteiger charge is 2.29. The van der Waals surface area contributed by atoms with Crippen molar-refractivity contribution < 1.29 is 4.74 Å². The fraction of sp³-hybridized carbons (Fsp3) is 0.600. The predicted octanol–water partition coefficient (Wildman–Crippen LogP) is 3.03. The third-order valence-corrected chi connectivity index (χ3v) is 4.26. The van der Waals surface area contributed by atoms with Crippen LogP contribution in [0, 0.1) is 0 Å². The first kappa shape index (κ1) is 10.5. The van der Waals surface area contributed by atoms with Crippen LogP contribution in [0.5, 0.6) is 5.06 Å². The van der Waals surface area contributed by atoms with Crippen molar-refractivity contribution in [2.45, 2.75) is 25.4 Å². The topological polar surface area (TPSA) is 21.3 Å². The molecule has 14 heavy (non-hydrogen) atoms. The van der Waals surface area contributed by atoms with Gasteiger partial charge in [-0.2, -0.15) is 0 Å². The number of piperidine rings is 1. The summed E-state index contributed by atoms with van der Waals surface area (Å²) in [6, 6.07) is 2.03. The van der Waals surface area contributed by atoms with Crippen LogP contribution in [0.15, 0.2) is 15.9 Å². The monoisotopic (exact) mass is 275 g/mol. The van der Waals surface area contributed by atoms with E-state index in [2.05, 4.69) is 28.2 Å². The fourth-order valence-corrected chi connectivity index (χ4v) is 3.06. The zero-order chi connectivity index (χ0) is 10.0. The van der Waals surface area contributed by atoms with Crippen LogP contribution < -0.4 is 10.1 Å². The molecular weight excluding hydrogens is 262 g/mol. The number of nitrogens with one attached hydrogen (secondary N) is 1. The second kappa shape index (κ2) is 4.21. The summed E-state index contributed by atoms with van der Waals surface area (Å²) in [4.78, 5) is 0. The number of thiophene rings is 1. The highest BCUT2D eigenvalue weighted by atomic mass is 79.9. The first-order chi connectivity index (χ1) is 6.70. The van der Waals surface area contributed by atoms with E-state index in [0.29, 0.717) is 0 Å². The number of hydrogen-bond acceptors (Lipinski definition) is 3. The van der Waals surface area contributed by atoms with Gasteiger partial charge in [-0.05, 0) is 60.2 Å². The van der Waals surface area contributed by atoms with Gasteiger partial charge in [0, 0.05) is 0 Å². The van der Waals surface area contributed by atoms with Crippen LogP contribution in [0.25, 0.3) is 0 Å². The first-order valence-corrected chi connectivity index (χ1v) is 6.50. The Kier molecular flexibility index (Phi) is 3.14. The average Bonchev–Trinajstić information content (AvgIpc) is 2.52. The van der Waals surface area contributed by atoms with E-state index in [0.717, 1.165) is 35.5 Å². The molecule has 1 saturated heterocycles. The van der Waals surface area contributed by atoms with Crippen molar-refractivity contribution in [3.05, 3.63) is 15.9 Å². The van der Waals surface area contributed by atoms with E-state index in [1.165, 1.54) is 0 Å². The molecule has 1 aliphatic heterocycles. The predicted molar refractivity (Wildman–Crippen MR) is 63.2 cm³/mol. The molecule has 0 spiro atoms. The fourth-order valence-electron chi connectivity index (χ4n) is 1.63. The van der Waals surface area contributed by atoms with Crippen LogP contribution in [-0.2, 0) is 0 Å². The van der Waals surface area contributed by atoms with E-state index in [9.17, 15) is 0 Å². The van der Waals surface area contributed by atoms with Gasteiger partial charge in [-0.25, -0.2) is 0 Å². The Bertz CT molecular complexity index is 307. The molecule has 4 heteroatoms. The van der Waals surface area contributed by atoms with E-state index in [1.54, 1.807) is 11.3 Å². The molecule has 1 aromatic heterocycles. The van der Waals surface area contributed by atoms with Gasteiger partial charge in [0.25, 0.3) is 0 Å². The van der Waals surface area contributed by atoms with Crippen molar-refractivity contribution in [1.82, 2.24) is 5.32 Å². The Morgan fingerprint density at radius 2 is 2.21 bits per heavy atom. The second-order valence-corrected chi connectivity index (χ2v) is 5.59. The highest BCUT2D eigenvalue weighted by Crippen LogP contribution is 2.36. The lowest BCUT2D eigenvalue weighted by molar-refractivity contribution is 0.0589. The smallest absolute Gasteiger partial charge is 0.188 e. The lowest BCUT2D eigenvalue weighted by atomic mass is 9.95. The highest BCUT2D eigenvalue weighted by molar-refractivity contribution is 9.10. The summed E-state index contributed by atoms with van der Waals surface area (Å²) >= 11 is 5.14. The van der Waals surface area contributed by atoms with E-state index >= 15 is 0 Å². The van der Waals surface area contributed by atoms with Gasteiger partial charge in [0.15, 0.2) is 5.06 Å². The van der Waals surface area contributed by atoms with Crippen molar-refractivity contribution in [1.29, 1.82) is 0 Å². The number of ether oxygens (including phenoxy) is 1. The van der Waals surface area contributed by atoms with Crippen LogP contribution in [0.1, 0.15) is 19.8 Å². The van der Waals surface area contributed by atoms with E-state index in [-0.39, 0.29) is 5.60 Å². The molecule has 0 atom stereocenters. The quantitative estimate of drug-likeness (QED) is 0.896. The molecule has 0 bridgehead atoms. The van der Waals surface area contributed by atoms with E-state index in [1.807, 2.05) is 11.4 Å². The molecule has 1 aromatic rings. The molecule has 0 unspecified atom stereocenters. The van der Waals surface area contributed by atoms with Crippen molar-refractivity contribution in [2.24, 2.45) is 0 Å². The Morgan fingerprint density at radius 1 is 1.50 bits per heavy atom. The minimum Gasteiger partial charge on any atom is -0.477 e. The molecule has 0 aromatic carbocycles. The summed E-state index contributed by atoms with van der Waals surface area (Å²) in [5, 5.41) is 6.40. The van der Waals surface area contributed by atoms with Crippen molar-refractivity contribution >= 4 is 27.3 Å². The van der Waals surface area contributed by atoms with Crippen LogP contribution in [0.4, 0.5) is 0 Å². The number of rotatable bonds is 2. The van der Waals surface area contributed by atoms with Gasteiger partial charge in [-0.15, -0.1) is 11.3 Å². The largest absolute Gasteiger partial charge is 0.477 e. The molecule has 0 amide bonds. The van der Waals surface area contributed by atoms with Gasteiger partial charge in [-0.1, -0.05) is 0 Å². The molecule has 1 aliphatic rings.